The third-order valence-corrected chi connectivity index (χ3v) is 3.07. The van der Waals surface area contributed by atoms with Crippen molar-refractivity contribution in [1.29, 1.82) is 0 Å². The number of dihydropyridines is 1. The quantitative estimate of drug-likeness (QED) is 0.637. The first-order valence-corrected chi connectivity index (χ1v) is 5.42. The zero-order chi connectivity index (χ0) is 13.3. The van der Waals surface area contributed by atoms with Gasteiger partial charge in [-0.3, -0.25) is 4.79 Å². The van der Waals surface area contributed by atoms with Crippen molar-refractivity contribution in [2.45, 2.75) is 5.00 Å². The van der Waals surface area contributed by atoms with Gasteiger partial charge in [-0.25, -0.2) is 8.78 Å². The summed E-state index contributed by atoms with van der Waals surface area (Å²) in [6.07, 6.45) is 4.41. The molecule has 0 saturated carbocycles. The second-order valence-electron chi connectivity index (χ2n) is 3.73. The lowest BCUT2D eigenvalue weighted by Gasteiger charge is -2.29. The normalized spacial score (nSPS) is 22.3. The maximum absolute atomic E-state index is 13.7. The van der Waals surface area contributed by atoms with Gasteiger partial charge in [0, 0.05) is 17.2 Å². The van der Waals surface area contributed by atoms with Gasteiger partial charge in [0.05, 0.1) is 0 Å². The third-order valence-electron chi connectivity index (χ3n) is 2.57. The second-order valence-corrected chi connectivity index (χ2v) is 4.30. The Bertz CT molecular complexity index is 571. The zero-order valence-corrected chi connectivity index (χ0v) is 9.84. The number of carbonyl (C=O) groups is 1. The Morgan fingerprint density at radius 2 is 2.11 bits per heavy atom. The molecule has 0 spiro atoms. The van der Waals surface area contributed by atoms with Gasteiger partial charge in [0.15, 0.2) is 0 Å². The van der Waals surface area contributed by atoms with Crippen LogP contribution >= 0.6 is 11.6 Å². The van der Waals surface area contributed by atoms with Gasteiger partial charge < -0.3 is 11.1 Å². The van der Waals surface area contributed by atoms with E-state index in [9.17, 15) is 13.6 Å². The molecule has 1 aliphatic rings. The number of amides is 1. The molecular weight excluding hydrogens is 262 g/mol. The summed E-state index contributed by atoms with van der Waals surface area (Å²) in [5.74, 6) is -2.40. The molecule has 0 fully saturated rings. The van der Waals surface area contributed by atoms with Gasteiger partial charge in [-0.2, -0.15) is 0 Å². The summed E-state index contributed by atoms with van der Waals surface area (Å²) in [7, 11) is 0. The summed E-state index contributed by atoms with van der Waals surface area (Å²) in [6.45, 7) is 0. The van der Waals surface area contributed by atoms with Crippen molar-refractivity contribution in [3.63, 3.8) is 0 Å². The molecule has 0 saturated heterocycles. The first-order valence-electron chi connectivity index (χ1n) is 5.04. The maximum Gasteiger partial charge on any atom is 0.263 e. The molecule has 1 amide bonds. The highest BCUT2D eigenvalue weighted by atomic mass is 35.5. The Kier molecular flexibility index (Phi) is 3.09. The van der Waals surface area contributed by atoms with Crippen LogP contribution in [0.5, 0.6) is 0 Å². The zero-order valence-electron chi connectivity index (χ0n) is 9.08. The lowest BCUT2D eigenvalue weighted by atomic mass is 9.94. The standard InChI is InChI=1S/C12H9ClF2N2O/c13-12(11(16)18)9(2-1-5-17-12)8-4-3-7(14)6-10(8)15/h1-6,17H,(H2,16,18). The molecule has 6 heteroatoms. The average molecular weight is 271 g/mol. The molecule has 0 radical (unpaired) electrons. The molecular formula is C12H9ClF2N2O. The molecule has 1 unspecified atom stereocenters. The first-order chi connectivity index (χ1) is 8.45. The minimum atomic E-state index is -1.74. The first kappa shape index (κ1) is 12.6. The highest BCUT2D eigenvalue weighted by molar-refractivity contribution is 6.41. The molecule has 2 rings (SSSR count). The van der Waals surface area contributed by atoms with E-state index in [0.29, 0.717) is 6.07 Å². The fourth-order valence-electron chi connectivity index (χ4n) is 1.69. The molecule has 3 N–H and O–H groups in total. The van der Waals surface area contributed by atoms with Crippen molar-refractivity contribution in [1.82, 2.24) is 5.32 Å². The molecule has 0 bridgehead atoms. The summed E-state index contributed by atoms with van der Waals surface area (Å²) in [5.41, 5.74) is 5.36. The molecule has 1 aromatic carbocycles. The maximum atomic E-state index is 13.7. The number of nitrogens with one attached hydrogen (secondary N) is 1. The number of hydrogen-bond acceptors (Lipinski definition) is 2. The smallest absolute Gasteiger partial charge is 0.263 e. The summed E-state index contributed by atoms with van der Waals surface area (Å²) >= 11 is 6.06. The number of hydrogen-bond donors (Lipinski definition) is 2. The molecule has 1 aromatic rings. The Hall–Kier alpha value is -1.88. The van der Waals surface area contributed by atoms with Crippen molar-refractivity contribution in [2.24, 2.45) is 5.73 Å². The van der Waals surface area contributed by atoms with Crippen molar-refractivity contribution in [2.75, 3.05) is 0 Å². The second kappa shape index (κ2) is 4.42. The Morgan fingerprint density at radius 3 is 2.72 bits per heavy atom. The van der Waals surface area contributed by atoms with Gasteiger partial charge in [0.25, 0.3) is 5.91 Å². The monoisotopic (exact) mass is 270 g/mol. The van der Waals surface area contributed by atoms with Gasteiger partial charge in [0.1, 0.15) is 11.6 Å². The van der Waals surface area contributed by atoms with Gasteiger partial charge in [-0.05, 0) is 24.4 Å². The molecule has 94 valence electrons. The number of rotatable bonds is 2. The number of allylic oxidation sites excluding steroid dienone is 2. The number of benzene rings is 1. The predicted molar refractivity (Wildman–Crippen MR) is 64.4 cm³/mol. The van der Waals surface area contributed by atoms with Crippen LogP contribution < -0.4 is 11.1 Å². The van der Waals surface area contributed by atoms with Crippen molar-refractivity contribution < 1.29 is 13.6 Å². The molecule has 1 heterocycles. The van der Waals surface area contributed by atoms with E-state index in [1.807, 2.05) is 0 Å². The highest BCUT2D eigenvalue weighted by Gasteiger charge is 2.40. The minimum Gasteiger partial charge on any atom is -0.366 e. The third kappa shape index (κ3) is 1.97. The van der Waals surface area contributed by atoms with Crippen LogP contribution in [0.1, 0.15) is 5.56 Å². The summed E-state index contributed by atoms with van der Waals surface area (Å²) in [4.78, 5) is 9.65. The average Bonchev–Trinajstić information content (AvgIpc) is 2.30. The molecule has 1 aliphatic heterocycles. The molecule has 0 aromatic heterocycles. The fraction of sp³-hybridized carbons (Fsp3) is 0.0833. The Balaban J connectivity index is 2.57. The van der Waals surface area contributed by atoms with E-state index in [1.54, 1.807) is 6.08 Å². The van der Waals surface area contributed by atoms with E-state index in [4.69, 9.17) is 17.3 Å². The van der Waals surface area contributed by atoms with Crippen LogP contribution in [0.25, 0.3) is 5.57 Å². The van der Waals surface area contributed by atoms with Crippen LogP contribution in [-0.4, -0.2) is 10.9 Å². The lowest BCUT2D eigenvalue weighted by molar-refractivity contribution is -0.119. The van der Waals surface area contributed by atoms with E-state index in [2.05, 4.69) is 5.32 Å². The lowest BCUT2D eigenvalue weighted by Crippen LogP contribution is -2.50. The number of carbonyl (C=O) groups excluding carboxylic acids is 1. The van der Waals surface area contributed by atoms with Crippen LogP contribution in [-0.2, 0) is 4.79 Å². The van der Waals surface area contributed by atoms with Crippen molar-refractivity contribution in [3.05, 3.63) is 53.7 Å². The summed E-state index contributed by atoms with van der Waals surface area (Å²) in [6, 6.07) is 3.00. The van der Waals surface area contributed by atoms with Crippen LogP contribution in [0, 0.1) is 11.6 Å². The van der Waals surface area contributed by atoms with E-state index < -0.39 is 22.5 Å². The van der Waals surface area contributed by atoms with Crippen LogP contribution in [0.3, 0.4) is 0 Å². The van der Waals surface area contributed by atoms with Gasteiger partial charge in [-0.1, -0.05) is 17.7 Å². The molecule has 1 atom stereocenters. The van der Waals surface area contributed by atoms with Crippen molar-refractivity contribution >= 4 is 23.1 Å². The molecule has 3 nitrogen and oxygen atoms in total. The minimum absolute atomic E-state index is 0.0158. The topological polar surface area (TPSA) is 55.1 Å². The largest absolute Gasteiger partial charge is 0.366 e. The molecule has 0 aliphatic carbocycles. The molecule has 18 heavy (non-hydrogen) atoms. The highest BCUT2D eigenvalue weighted by Crippen LogP contribution is 2.34. The van der Waals surface area contributed by atoms with E-state index in [0.717, 1.165) is 6.07 Å². The fourth-order valence-corrected chi connectivity index (χ4v) is 1.91. The Labute approximate surface area is 107 Å². The van der Waals surface area contributed by atoms with Crippen molar-refractivity contribution in [3.8, 4) is 0 Å². The summed E-state index contributed by atoms with van der Waals surface area (Å²) < 4.78 is 26.6. The van der Waals surface area contributed by atoms with Gasteiger partial charge in [-0.15, -0.1) is 0 Å². The van der Waals surface area contributed by atoms with Crippen LogP contribution in [0.2, 0.25) is 0 Å². The van der Waals surface area contributed by atoms with E-state index in [-0.39, 0.29) is 11.1 Å². The van der Waals surface area contributed by atoms with Gasteiger partial charge in [0.2, 0.25) is 5.00 Å². The number of primary amides is 1. The Morgan fingerprint density at radius 1 is 1.39 bits per heavy atom. The SMILES string of the molecule is NC(=O)C1(Cl)NC=CC=C1c1ccc(F)cc1F. The van der Waals surface area contributed by atoms with E-state index in [1.165, 1.54) is 18.3 Å². The van der Waals surface area contributed by atoms with Gasteiger partial charge >= 0.3 is 0 Å². The van der Waals surface area contributed by atoms with Crippen LogP contribution in [0.4, 0.5) is 8.78 Å². The van der Waals surface area contributed by atoms with Crippen LogP contribution in [0.15, 0.2) is 36.6 Å². The predicted octanol–water partition coefficient (Wildman–Crippen LogP) is 1.89. The van der Waals surface area contributed by atoms with E-state index >= 15 is 0 Å². The number of alkyl halides is 1. The number of halogens is 3. The number of nitrogens with two attached hydrogens (primary N) is 1. The summed E-state index contributed by atoms with van der Waals surface area (Å²) in [5, 5.41) is 2.57.